The highest BCUT2D eigenvalue weighted by atomic mass is 16.1. The van der Waals surface area contributed by atoms with E-state index in [0.29, 0.717) is 6.42 Å². The van der Waals surface area contributed by atoms with Gasteiger partial charge in [0.2, 0.25) is 5.91 Å². The summed E-state index contributed by atoms with van der Waals surface area (Å²) in [7, 11) is 0. The molecule has 4 nitrogen and oxygen atoms in total. The Morgan fingerprint density at radius 3 is 2.57 bits per heavy atom. The molecule has 4 heteroatoms. The molecule has 23 heavy (non-hydrogen) atoms. The van der Waals surface area contributed by atoms with Crippen LogP contribution in [0.3, 0.4) is 0 Å². The van der Waals surface area contributed by atoms with Gasteiger partial charge in [-0.15, -0.1) is 0 Å². The number of para-hydroxylation sites is 1. The second-order valence-electron chi connectivity index (χ2n) is 5.91. The maximum Gasteiger partial charge on any atom is 0.226 e. The molecule has 1 aromatic heterocycles. The fourth-order valence-corrected chi connectivity index (χ4v) is 3.08. The van der Waals surface area contributed by atoms with Crippen molar-refractivity contribution in [2.75, 3.05) is 5.32 Å². The minimum atomic E-state index is 0.0285. The Hall–Kier alpha value is -2.88. The molecule has 114 valence electrons. The first-order chi connectivity index (χ1) is 11.2. The second-order valence-corrected chi connectivity index (χ2v) is 5.91. The molecule has 0 spiro atoms. The predicted molar refractivity (Wildman–Crippen MR) is 89.8 cm³/mol. The smallest absolute Gasteiger partial charge is 0.226 e. The van der Waals surface area contributed by atoms with E-state index in [9.17, 15) is 4.79 Å². The number of aromatic nitrogens is 2. The normalized spacial score (nSPS) is 16.7. The Morgan fingerprint density at radius 1 is 1.09 bits per heavy atom. The van der Waals surface area contributed by atoms with Gasteiger partial charge in [0.1, 0.15) is 5.82 Å². The average Bonchev–Trinajstić information content (AvgIpc) is 2.99. The maximum atomic E-state index is 12.2. The zero-order chi connectivity index (χ0) is 15.8. The van der Waals surface area contributed by atoms with E-state index in [1.807, 2.05) is 36.5 Å². The van der Waals surface area contributed by atoms with Crippen molar-refractivity contribution in [3.05, 3.63) is 77.5 Å². The molecule has 0 aliphatic carbocycles. The number of carbonyl (C=O) groups excluding carboxylic acids is 1. The third-order valence-corrected chi connectivity index (χ3v) is 4.30. The van der Waals surface area contributed by atoms with Gasteiger partial charge in [0.25, 0.3) is 0 Å². The monoisotopic (exact) mass is 303 g/mol. The van der Waals surface area contributed by atoms with Crippen molar-refractivity contribution in [2.45, 2.75) is 19.3 Å². The molecule has 4 rings (SSSR count). The Bertz CT molecular complexity index is 850. The highest BCUT2D eigenvalue weighted by molar-refractivity contribution is 5.94. The molecule has 2 heterocycles. The third-order valence-electron chi connectivity index (χ3n) is 4.30. The van der Waals surface area contributed by atoms with Gasteiger partial charge in [0.15, 0.2) is 0 Å². The van der Waals surface area contributed by atoms with Gasteiger partial charge >= 0.3 is 0 Å². The molecule has 1 amide bonds. The van der Waals surface area contributed by atoms with E-state index in [0.717, 1.165) is 22.6 Å². The van der Waals surface area contributed by atoms with Gasteiger partial charge in [-0.25, -0.2) is 4.68 Å². The first-order valence-corrected chi connectivity index (χ1v) is 7.72. The van der Waals surface area contributed by atoms with E-state index >= 15 is 0 Å². The number of hydrogen-bond acceptors (Lipinski definition) is 2. The molecule has 0 fully saturated rings. The van der Waals surface area contributed by atoms with Crippen LogP contribution in [0, 0.1) is 6.92 Å². The molecular formula is C19H17N3O. The van der Waals surface area contributed by atoms with Crippen molar-refractivity contribution in [1.82, 2.24) is 9.78 Å². The number of anilines is 1. The molecular weight excluding hydrogens is 286 g/mol. The summed E-state index contributed by atoms with van der Waals surface area (Å²) in [5, 5.41) is 7.48. The Kier molecular flexibility index (Phi) is 3.23. The maximum absolute atomic E-state index is 12.2. The quantitative estimate of drug-likeness (QED) is 0.785. The number of rotatable bonds is 2. The van der Waals surface area contributed by atoms with Gasteiger partial charge in [-0.1, -0.05) is 48.0 Å². The van der Waals surface area contributed by atoms with Crippen molar-refractivity contribution in [1.29, 1.82) is 0 Å². The zero-order valence-electron chi connectivity index (χ0n) is 12.9. The Balaban J connectivity index is 1.81. The number of nitrogens with one attached hydrogen (secondary N) is 1. The number of fused-ring (bicyclic) bond motifs is 1. The van der Waals surface area contributed by atoms with Gasteiger partial charge < -0.3 is 5.32 Å². The van der Waals surface area contributed by atoms with Crippen molar-refractivity contribution in [2.24, 2.45) is 0 Å². The van der Waals surface area contributed by atoms with Gasteiger partial charge in [0.05, 0.1) is 11.9 Å². The second kappa shape index (κ2) is 5.39. The number of carbonyl (C=O) groups is 1. The van der Waals surface area contributed by atoms with Crippen LogP contribution >= 0.6 is 0 Å². The van der Waals surface area contributed by atoms with E-state index in [-0.39, 0.29) is 11.8 Å². The molecule has 1 aliphatic heterocycles. The molecule has 0 saturated carbocycles. The van der Waals surface area contributed by atoms with Gasteiger partial charge in [-0.2, -0.15) is 5.10 Å². The number of aryl methyl sites for hydroxylation is 1. The standard InChI is InChI=1S/C19H17N3O/c1-13-7-9-14(10-8-13)16-11-18(23)21-19-17(16)12-20-22(19)15-5-3-2-4-6-15/h2-10,12,16H,11H2,1H3,(H,21,23). The molecule has 0 saturated heterocycles. The van der Waals surface area contributed by atoms with Crippen LogP contribution in [0.5, 0.6) is 0 Å². The zero-order valence-corrected chi connectivity index (χ0v) is 12.9. The summed E-state index contributed by atoms with van der Waals surface area (Å²) in [6.07, 6.45) is 2.32. The van der Waals surface area contributed by atoms with Gasteiger partial charge in [-0.05, 0) is 24.6 Å². The lowest BCUT2D eigenvalue weighted by atomic mass is 9.87. The van der Waals surface area contributed by atoms with E-state index in [1.54, 1.807) is 4.68 Å². The van der Waals surface area contributed by atoms with Crippen LogP contribution in [0.4, 0.5) is 5.82 Å². The molecule has 0 bridgehead atoms. The van der Waals surface area contributed by atoms with E-state index in [4.69, 9.17) is 0 Å². The van der Waals surface area contributed by atoms with Crippen LogP contribution < -0.4 is 5.32 Å². The molecule has 1 aliphatic rings. The molecule has 1 N–H and O–H groups in total. The summed E-state index contributed by atoms with van der Waals surface area (Å²) >= 11 is 0. The van der Waals surface area contributed by atoms with Crippen LogP contribution in [-0.2, 0) is 4.79 Å². The molecule has 1 unspecified atom stereocenters. The minimum Gasteiger partial charge on any atom is -0.310 e. The third kappa shape index (κ3) is 2.42. The summed E-state index contributed by atoms with van der Waals surface area (Å²) in [6, 6.07) is 18.2. The van der Waals surface area contributed by atoms with Crippen LogP contribution in [-0.4, -0.2) is 15.7 Å². The Morgan fingerprint density at radius 2 is 1.83 bits per heavy atom. The SMILES string of the molecule is Cc1ccc(C2CC(=O)Nc3c2cnn3-c2ccccc2)cc1. The first kappa shape index (κ1) is 13.8. The number of benzene rings is 2. The van der Waals surface area contributed by atoms with E-state index in [1.165, 1.54) is 5.56 Å². The number of amides is 1. The Labute approximate surface area is 134 Å². The fraction of sp³-hybridized carbons (Fsp3) is 0.158. The highest BCUT2D eigenvalue weighted by Crippen LogP contribution is 2.37. The van der Waals surface area contributed by atoms with Crippen LogP contribution in [0.25, 0.3) is 5.69 Å². The highest BCUT2D eigenvalue weighted by Gasteiger charge is 2.30. The molecule has 1 atom stereocenters. The average molecular weight is 303 g/mol. The topological polar surface area (TPSA) is 46.9 Å². The predicted octanol–water partition coefficient (Wildman–Crippen LogP) is 3.65. The lowest BCUT2D eigenvalue weighted by Gasteiger charge is -2.23. The van der Waals surface area contributed by atoms with E-state index < -0.39 is 0 Å². The number of nitrogens with zero attached hydrogens (tertiary/aromatic N) is 2. The van der Waals surface area contributed by atoms with Gasteiger partial charge in [-0.3, -0.25) is 4.79 Å². The van der Waals surface area contributed by atoms with Crippen molar-refractivity contribution >= 4 is 11.7 Å². The first-order valence-electron chi connectivity index (χ1n) is 7.72. The van der Waals surface area contributed by atoms with Crippen molar-refractivity contribution in [3.63, 3.8) is 0 Å². The van der Waals surface area contributed by atoms with Crippen molar-refractivity contribution in [3.8, 4) is 5.69 Å². The largest absolute Gasteiger partial charge is 0.310 e. The van der Waals surface area contributed by atoms with Crippen LogP contribution in [0.1, 0.15) is 29.0 Å². The van der Waals surface area contributed by atoms with Gasteiger partial charge in [0, 0.05) is 17.9 Å². The summed E-state index contributed by atoms with van der Waals surface area (Å²) in [5.41, 5.74) is 4.38. The summed E-state index contributed by atoms with van der Waals surface area (Å²) in [6.45, 7) is 2.07. The lowest BCUT2D eigenvalue weighted by Crippen LogP contribution is -2.24. The van der Waals surface area contributed by atoms with E-state index in [2.05, 4.69) is 41.6 Å². The van der Waals surface area contributed by atoms with Crippen LogP contribution in [0.2, 0.25) is 0 Å². The lowest BCUT2D eigenvalue weighted by molar-refractivity contribution is -0.116. The summed E-state index contributed by atoms with van der Waals surface area (Å²) < 4.78 is 1.80. The molecule has 2 aromatic carbocycles. The van der Waals surface area contributed by atoms with Crippen LogP contribution in [0.15, 0.2) is 60.8 Å². The number of hydrogen-bond donors (Lipinski definition) is 1. The van der Waals surface area contributed by atoms with Crippen molar-refractivity contribution < 1.29 is 4.79 Å². The fourth-order valence-electron chi connectivity index (χ4n) is 3.08. The summed E-state index contributed by atoms with van der Waals surface area (Å²) in [4.78, 5) is 12.2. The minimum absolute atomic E-state index is 0.0285. The molecule has 3 aromatic rings. The molecule has 0 radical (unpaired) electrons. The summed E-state index contributed by atoms with van der Waals surface area (Å²) in [5.74, 6) is 0.857.